The minimum absolute atomic E-state index is 1.08. The van der Waals surface area contributed by atoms with Gasteiger partial charge >= 0.3 is 0 Å². The van der Waals surface area contributed by atoms with Gasteiger partial charge in [0.1, 0.15) is 0 Å². The molecular weight excluding hydrogens is 585 g/mol. The zero-order valence-corrected chi connectivity index (χ0v) is 26.0. The first-order chi connectivity index (χ1) is 23.9. The molecule has 0 fully saturated rings. The van der Waals surface area contributed by atoms with Gasteiger partial charge in [-0.1, -0.05) is 109 Å². The van der Waals surface area contributed by atoms with Crippen molar-refractivity contribution in [2.24, 2.45) is 0 Å². The first kappa shape index (κ1) is 26.7. The van der Waals surface area contributed by atoms with Gasteiger partial charge in [0.05, 0.1) is 22.1 Å². The number of benzene rings is 6. The van der Waals surface area contributed by atoms with Gasteiger partial charge in [-0.15, -0.1) is 0 Å². The first-order valence-electron chi connectivity index (χ1n) is 16.2. The minimum atomic E-state index is 1.08. The average Bonchev–Trinajstić information content (AvgIpc) is 3.68. The molecule has 0 radical (unpaired) electrons. The van der Waals surface area contributed by atoms with Crippen molar-refractivity contribution in [3.8, 4) is 33.6 Å². The molecular formula is C44H28N4. The van der Waals surface area contributed by atoms with Crippen LogP contribution in [0.5, 0.6) is 0 Å². The van der Waals surface area contributed by atoms with Gasteiger partial charge in [0.2, 0.25) is 0 Å². The van der Waals surface area contributed by atoms with Crippen LogP contribution >= 0.6 is 0 Å². The Balaban J connectivity index is 1.34. The van der Waals surface area contributed by atoms with Crippen LogP contribution in [0.15, 0.2) is 170 Å². The standard InChI is InChI=1S/C44H28N4/c1-3-14-30(15-4-1)47-40-23-8-7-18-32(40)35-21-11-22-36(43(35)47)33-19-9-12-29-13-10-20-34(42(29)33)38-27-46-28-39-37-26-45-25-24-41(37)48(44(38)39)31-16-5-2-6-17-31/h1-28H. The predicted molar refractivity (Wildman–Crippen MR) is 199 cm³/mol. The van der Waals surface area contributed by atoms with Gasteiger partial charge in [-0.05, 0) is 58.3 Å². The van der Waals surface area contributed by atoms with Gasteiger partial charge in [-0.2, -0.15) is 0 Å². The number of nitrogens with zero attached hydrogens (tertiary/aromatic N) is 4. The van der Waals surface area contributed by atoms with E-state index in [1.165, 1.54) is 43.7 Å². The van der Waals surface area contributed by atoms with E-state index in [1.54, 1.807) is 0 Å². The fourth-order valence-electron chi connectivity index (χ4n) is 7.72. The van der Waals surface area contributed by atoms with E-state index in [4.69, 9.17) is 4.98 Å². The summed E-state index contributed by atoms with van der Waals surface area (Å²) in [7, 11) is 0. The number of fused-ring (bicyclic) bond motifs is 7. The summed E-state index contributed by atoms with van der Waals surface area (Å²) in [5.41, 5.74) is 11.5. The van der Waals surface area contributed by atoms with E-state index >= 15 is 0 Å². The predicted octanol–water partition coefficient (Wildman–Crippen LogP) is 11.2. The summed E-state index contributed by atoms with van der Waals surface area (Å²) in [5.74, 6) is 0. The van der Waals surface area contributed by atoms with Crippen molar-refractivity contribution in [1.82, 2.24) is 19.1 Å². The Morgan fingerprint density at radius 1 is 0.354 bits per heavy atom. The maximum Gasteiger partial charge on any atom is 0.0651 e. The number of para-hydroxylation sites is 4. The molecule has 0 bridgehead atoms. The Bertz CT molecular complexity index is 2640. The molecule has 0 saturated carbocycles. The van der Waals surface area contributed by atoms with Crippen LogP contribution in [0, 0.1) is 0 Å². The molecule has 10 aromatic rings. The molecule has 224 valence electrons. The van der Waals surface area contributed by atoms with E-state index in [0.29, 0.717) is 0 Å². The molecule has 0 atom stereocenters. The summed E-state index contributed by atoms with van der Waals surface area (Å²) in [5, 5.41) is 7.04. The quantitative estimate of drug-likeness (QED) is 0.198. The lowest BCUT2D eigenvalue weighted by Gasteiger charge is -2.17. The molecule has 4 nitrogen and oxygen atoms in total. The van der Waals surface area contributed by atoms with Crippen LogP contribution in [-0.2, 0) is 0 Å². The van der Waals surface area contributed by atoms with Crippen LogP contribution in [0.3, 0.4) is 0 Å². The third-order valence-electron chi connectivity index (χ3n) is 9.68. The van der Waals surface area contributed by atoms with Crippen molar-refractivity contribution >= 4 is 54.4 Å². The molecule has 0 spiro atoms. The number of rotatable bonds is 4. The molecule has 0 unspecified atom stereocenters. The monoisotopic (exact) mass is 612 g/mol. The zero-order chi connectivity index (χ0) is 31.6. The highest BCUT2D eigenvalue weighted by Gasteiger charge is 2.22. The molecule has 4 aromatic heterocycles. The number of hydrogen-bond donors (Lipinski definition) is 0. The Morgan fingerprint density at radius 3 is 1.67 bits per heavy atom. The molecule has 4 heterocycles. The fraction of sp³-hybridized carbons (Fsp3) is 0. The van der Waals surface area contributed by atoms with E-state index < -0.39 is 0 Å². The van der Waals surface area contributed by atoms with E-state index in [0.717, 1.165) is 44.3 Å². The van der Waals surface area contributed by atoms with E-state index in [2.05, 4.69) is 160 Å². The summed E-state index contributed by atoms with van der Waals surface area (Å²) < 4.78 is 4.78. The van der Waals surface area contributed by atoms with Crippen molar-refractivity contribution in [3.05, 3.63) is 170 Å². The van der Waals surface area contributed by atoms with Crippen molar-refractivity contribution in [1.29, 1.82) is 0 Å². The summed E-state index contributed by atoms with van der Waals surface area (Å²) in [4.78, 5) is 9.36. The van der Waals surface area contributed by atoms with E-state index in [9.17, 15) is 0 Å². The minimum Gasteiger partial charge on any atom is -0.309 e. The SMILES string of the molecule is c1ccc(-n2c3ccccc3c3cccc(-c4cccc5cccc(-c6cncc7c8cnccc8n(-c8ccccc8)c67)c45)c32)cc1. The van der Waals surface area contributed by atoms with Crippen LogP contribution in [0.1, 0.15) is 0 Å². The molecule has 4 heteroatoms. The third-order valence-corrected chi connectivity index (χ3v) is 9.68. The second-order valence-electron chi connectivity index (χ2n) is 12.2. The molecule has 0 aliphatic heterocycles. The topological polar surface area (TPSA) is 35.6 Å². The van der Waals surface area contributed by atoms with Crippen molar-refractivity contribution in [3.63, 3.8) is 0 Å². The molecule has 0 saturated heterocycles. The highest BCUT2D eigenvalue weighted by atomic mass is 15.0. The number of aromatic nitrogens is 4. The molecule has 48 heavy (non-hydrogen) atoms. The molecule has 10 rings (SSSR count). The molecule has 0 N–H and O–H groups in total. The van der Waals surface area contributed by atoms with Gasteiger partial charge in [0, 0.05) is 68.8 Å². The second-order valence-corrected chi connectivity index (χ2v) is 12.2. The van der Waals surface area contributed by atoms with Crippen LogP contribution in [0.2, 0.25) is 0 Å². The lowest BCUT2D eigenvalue weighted by Crippen LogP contribution is -1.97. The summed E-state index contributed by atoms with van der Waals surface area (Å²) in [6, 6.07) is 52.2. The normalized spacial score (nSPS) is 11.8. The van der Waals surface area contributed by atoms with Crippen LogP contribution < -0.4 is 0 Å². The fourth-order valence-corrected chi connectivity index (χ4v) is 7.72. The third kappa shape index (κ3) is 3.83. The summed E-state index contributed by atoms with van der Waals surface area (Å²) >= 11 is 0. The maximum atomic E-state index is 4.84. The van der Waals surface area contributed by atoms with Crippen molar-refractivity contribution in [2.75, 3.05) is 0 Å². The second kappa shape index (κ2) is 10.5. The zero-order valence-electron chi connectivity index (χ0n) is 26.0. The number of hydrogen-bond acceptors (Lipinski definition) is 2. The van der Waals surface area contributed by atoms with Gasteiger partial charge in [-0.25, -0.2) is 0 Å². The van der Waals surface area contributed by atoms with E-state index in [-0.39, 0.29) is 0 Å². The van der Waals surface area contributed by atoms with Gasteiger partial charge in [0.15, 0.2) is 0 Å². The highest BCUT2D eigenvalue weighted by molar-refractivity contribution is 6.20. The van der Waals surface area contributed by atoms with Crippen molar-refractivity contribution < 1.29 is 0 Å². The first-order valence-corrected chi connectivity index (χ1v) is 16.2. The lowest BCUT2D eigenvalue weighted by molar-refractivity contribution is 1.17. The van der Waals surface area contributed by atoms with Crippen LogP contribution in [-0.4, -0.2) is 19.1 Å². The molecule has 0 aliphatic carbocycles. The van der Waals surface area contributed by atoms with Gasteiger partial charge in [-0.3, -0.25) is 9.97 Å². The van der Waals surface area contributed by atoms with Gasteiger partial charge in [0.25, 0.3) is 0 Å². The number of pyridine rings is 2. The van der Waals surface area contributed by atoms with Gasteiger partial charge < -0.3 is 9.13 Å². The summed E-state index contributed by atoms with van der Waals surface area (Å²) in [6.07, 6.45) is 7.84. The highest BCUT2D eigenvalue weighted by Crippen LogP contribution is 2.45. The largest absolute Gasteiger partial charge is 0.309 e. The van der Waals surface area contributed by atoms with E-state index in [1.807, 2.05) is 24.8 Å². The average molecular weight is 613 g/mol. The summed E-state index contributed by atoms with van der Waals surface area (Å²) in [6.45, 7) is 0. The maximum absolute atomic E-state index is 4.84. The molecule has 6 aromatic carbocycles. The Morgan fingerprint density at radius 2 is 0.917 bits per heavy atom. The van der Waals surface area contributed by atoms with Crippen LogP contribution in [0.4, 0.5) is 0 Å². The van der Waals surface area contributed by atoms with Crippen molar-refractivity contribution in [2.45, 2.75) is 0 Å². The van der Waals surface area contributed by atoms with Crippen LogP contribution in [0.25, 0.3) is 88.0 Å². The molecule has 0 aliphatic rings. The molecule has 0 amide bonds. The Labute approximate surface area is 276 Å². The lowest BCUT2D eigenvalue weighted by atomic mass is 9.90. The Kier molecular flexibility index (Phi) is 5.84. The Hall–Kier alpha value is -6.52. The smallest absolute Gasteiger partial charge is 0.0651 e.